The minimum atomic E-state index is -1.33. The summed E-state index contributed by atoms with van der Waals surface area (Å²) in [4.78, 5) is 58.3. The molecule has 4 fully saturated rings. The Labute approximate surface area is 269 Å². The molecular weight excluding hydrogens is 608 g/mol. The number of hydrogen-bond acceptors (Lipinski definition) is 12. The molecule has 4 rings (SSSR count). The van der Waals surface area contributed by atoms with Gasteiger partial charge in [0.15, 0.2) is 10.8 Å². The predicted octanol–water partition coefficient (Wildman–Crippen LogP) is 4.42. The Morgan fingerprint density at radius 1 is 0.818 bits per heavy atom. The van der Waals surface area contributed by atoms with Crippen LogP contribution in [0.15, 0.2) is 37.0 Å². The van der Waals surface area contributed by atoms with Crippen LogP contribution in [0.5, 0.6) is 0 Å². The molecule has 0 aromatic rings. The maximum absolute atomic E-state index is 12.0. The molecule has 0 amide bonds. The van der Waals surface area contributed by atoms with Crippen LogP contribution < -0.4 is 0 Å². The molecule has 1 saturated heterocycles. The molecule has 3 unspecified atom stereocenters. The monoisotopic (exact) mass is 654 g/mol. The highest BCUT2D eigenvalue weighted by molar-refractivity contribution is 8.01. The van der Waals surface area contributed by atoms with Gasteiger partial charge in [-0.05, 0) is 49.0 Å². The van der Waals surface area contributed by atoms with E-state index in [1.165, 1.54) is 70.6 Å². The van der Waals surface area contributed by atoms with E-state index in [9.17, 15) is 24.0 Å². The summed E-state index contributed by atoms with van der Waals surface area (Å²) >= 11 is 4.11. The summed E-state index contributed by atoms with van der Waals surface area (Å²) in [6.07, 6.45) is 4.60. The van der Waals surface area contributed by atoms with Crippen LogP contribution in [0, 0.1) is 34.0 Å². The minimum Gasteiger partial charge on any atom is -0.468 e. The fraction of sp³-hybridized carbons (Fsp3) is 0.656. The lowest BCUT2D eigenvalue weighted by molar-refractivity contribution is -0.170. The van der Waals surface area contributed by atoms with Crippen molar-refractivity contribution in [1.82, 2.24) is 0 Å². The van der Waals surface area contributed by atoms with Crippen molar-refractivity contribution in [1.29, 1.82) is 0 Å². The van der Waals surface area contributed by atoms with Gasteiger partial charge in [0.1, 0.15) is 0 Å². The number of ether oxygens (including phenoxy) is 5. The molecule has 10 nitrogen and oxygen atoms in total. The summed E-state index contributed by atoms with van der Waals surface area (Å²) in [5.41, 5.74) is -1.24. The number of allylic oxidation sites excluding steroid dienone is 1. The topological polar surface area (TPSA) is 132 Å². The van der Waals surface area contributed by atoms with E-state index in [1.807, 2.05) is 0 Å². The van der Waals surface area contributed by atoms with Crippen molar-refractivity contribution < 1.29 is 47.7 Å². The third kappa shape index (κ3) is 7.73. The van der Waals surface area contributed by atoms with E-state index in [-0.39, 0.29) is 18.3 Å². The Morgan fingerprint density at radius 3 is 1.70 bits per heavy atom. The first-order chi connectivity index (χ1) is 20.8. The number of hydrogen-bond donors (Lipinski definition) is 0. The predicted molar refractivity (Wildman–Crippen MR) is 170 cm³/mol. The third-order valence-electron chi connectivity index (χ3n) is 8.92. The smallest absolute Gasteiger partial charge is 0.333 e. The molecule has 3 atom stereocenters. The van der Waals surface area contributed by atoms with Crippen molar-refractivity contribution in [2.24, 2.45) is 34.0 Å². The number of thioether (sulfide) groups is 2. The molecule has 0 spiro atoms. The Kier molecular flexibility index (Phi) is 13.6. The van der Waals surface area contributed by atoms with Crippen LogP contribution in [0.25, 0.3) is 0 Å². The van der Waals surface area contributed by atoms with Gasteiger partial charge in [-0.2, -0.15) is 23.5 Å². The first kappa shape index (κ1) is 37.5. The number of methoxy groups -OCH3 is 5. The molecule has 0 radical (unpaired) electrons. The van der Waals surface area contributed by atoms with Crippen molar-refractivity contribution in [2.75, 3.05) is 58.6 Å². The van der Waals surface area contributed by atoms with Crippen molar-refractivity contribution >= 4 is 53.4 Å². The molecule has 0 N–H and O–H groups in total. The van der Waals surface area contributed by atoms with Gasteiger partial charge in [-0.25, -0.2) is 4.79 Å². The zero-order chi connectivity index (χ0) is 33.3. The van der Waals surface area contributed by atoms with Crippen LogP contribution in [-0.2, 0) is 47.7 Å². The second-order valence-electron chi connectivity index (χ2n) is 11.5. The normalized spacial score (nSPS) is 25.7. The number of carbonyl (C=O) groups is 5. The van der Waals surface area contributed by atoms with E-state index in [0.717, 1.165) is 12.3 Å². The van der Waals surface area contributed by atoms with Gasteiger partial charge in [-0.3, -0.25) is 19.2 Å². The van der Waals surface area contributed by atoms with Crippen molar-refractivity contribution in [3.05, 3.63) is 37.0 Å². The summed E-state index contributed by atoms with van der Waals surface area (Å²) in [7, 11) is 6.26. The number of fused-ring (bicyclic) bond motifs is 1. The highest BCUT2D eigenvalue weighted by atomic mass is 32.2. The van der Waals surface area contributed by atoms with E-state index in [2.05, 4.69) is 64.4 Å². The van der Waals surface area contributed by atoms with Crippen molar-refractivity contribution in [3.63, 3.8) is 0 Å². The average molecular weight is 655 g/mol. The van der Waals surface area contributed by atoms with Gasteiger partial charge in [0, 0.05) is 28.4 Å². The fourth-order valence-corrected chi connectivity index (χ4v) is 8.71. The summed E-state index contributed by atoms with van der Waals surface area (Å²) < 4.78 is 23.3. The Balaban J connectivity index is 0.000000244. The van der Waals surface area contributed by atoms with Crippen LogP contribution in [0.1, 0.15) is 39.0 Å². The number of carbonyl (C=O) groups excluding carboxylic acids is 5. The molecular formula is C32H46O10S2. The van der Waals surface area contributed by atoms with Crippen molar-refractivity contribution in [3.8, 4) is 0 Å². The molecule has 0 aromatic carbocycles. The minimum absolute atomic E-state index is 0.0623. The van der Waals surface area contributed by atoms with Gasteiger partial charge >= 0.3 is 29.8 Å². The van der Waals surface area contributed by atoms with Crippen molar-refractivity contribution in [2.45, 2.75) is 39.0 Å². The van der Waals surface area contributed by atoms with E-state index < -0.39 is 46.1 Å². The molecule has 12 heteroatoms. The summed E-state index contributed by atoms with van der Waals surface area (Å²) in [6, 6.07) is 0. The average Bonchev–Trinajstić information content (AvgIpc) is 3.93. The lowest BCUT2D eigenvalue weighted by Crippen LogP contribution is -2.41. The van der Waals surface area contributed by atoms with Gasteiger partial charge < -0.3 is 23.7 Å². The second-order valence-corrected chi connectivity index (χ2v) is 13.6. The molecule has 4 aliphatic rings. The van der Waals surface area contributed by atoms with E-state index in [0.29, 0.717) is 18.4 Å². The molecule has 1 aliphatic heterocycles. The SMILES string of the molecule is C=C(C(=O)OC)C12CC1CC(C(=O)OC)(C(=O)OC)C2.C=C1CSCC(CC)CSC1.C=CC1CC1(C(=O)OC)C(=O)OC. The molecule has 0 bridgehead atoms. The van der Waals surface area contributed by atoms with E-state index >= 15 is 0 Å². The number of rotatable bonds is 8. The van der Waals surface area contributed by atoms with Gasteiger partial charge in [-0.15, -0.1) is 6.58 Å². The van der Waals surface area contributed by atoms with Gasteiger partial charge in [0.25, 0.3) is 0 Å². The fourth-order valence-electron chi connectivity index (χ4n) is 6.04. The first-order valence-corrected chi connectivity index (χ1v) is 16.7. The molecule has 3 aliphatic carbocycles. The maximum Gasteiger partial charge on any atom is 0.333 e. The molecule has 1 heterocycles. The molecule has 44 heavy (non-hydrogen) atoms. The maximum atomic E-state index is 12.0. The Hall–Kier alpha value is -2.73. The van der Waals surface area contributed by atoms with Gasteiger partial charge in [0.05, 0.1) is 35.5 Å². The van der Waals surface area contributed by atoms with E-state index in [4.69, 9.17) is 9.47 Å². The van der Waals surface area contributed by atoms with E-state index in [1.54, 1.807) is 6.08 Å². The number of esters is 5. The van der Waals surface area contributed by atoms with Gasteiger partial charge in [-0.1, -0.05) is 38.2 Å². The zero-order valence-corrected chi connectivity index (χ0v) is 28.3. The lowest BCUT2D eigenvalue weighted by atomic mass is 9.79. The van der Waals surface area contributed by atoms with Crippen LogP contribution >= 0.6 is 23.5 Å². The standard InChI is InChI=1S/C14H18O6.C9H12O4.C9H16S2/c1-8(10(15)18-2)13-5-9(13)6-14(7-13,11(16)19-3)12(17)20-4;1-4-6-5-9(6,7(10)12-2)8(11)13-3;1-3-9-6-10-4-8(2)5-11-7-9/h9H,1,5-7H2,2-4H3;4,6H,1,5H2,2-3H3;9H,2-7H2,1H3. The summed E-state index contributed by atoms with van der Waals surface area (Å²) in [5.74, 6) is 3.09. The Morgan fingerprint density at radius 2 is 1.32 bits per heavy atom. The molecule has 0 aromatic heterocycles. The molecule has 3 saturated carbocycles. The first-order valence-electron chi connectivity index (χ1n) is 14.4. The van der Waals surface area contributed by atoms with Crippen LogP contribution in [0.4, 0.5) is 0 Å². The largest absolute Gasteiger partial charge is 0.468 e. The highest BCUT2D eigenvalue weighted by Gasteiger charge is 2.73. The van der Waals surface area contributed by atoms with Crippen LogP contribution in [-0.4, -0.2) is 88.4 Å². The van der Waals surface area contributed by atoms with Gasteiger partial charge in [0.2, 0.25) is 0 Å². The summed E-state index contributed by atoms with van der Waals surface area (Å²) in [6.45, 7) is 13.6. The molecule has 246 valence electrons. The second kappa shape index (κ2) is 16.0. The van der Waals surface area contributed by atoms with Crippen LogP contribution in [0.3, 0.4) is 0 Å². The third-order valence-corrected chi connectivity index (χ3v) is 11.6. The zero-order valence-electron chi connectivity index (χ0n) is 26.7. The Bertz CT molecular complexity index is 1100. The summed E-state index contributed by atoms with van der Waals surface area (Å²) in [5, 5.41) is 0. The highest BCUT2D eigenvalue weighted by Crippen LogP contribution is 2.72. The quantitative estimate of drug-likeness (QED) is 0.121. The lowest BCUT2D eigenvalue weighted by Gasteiger charge is -2.26. The van der Waals surface area contributed by atoms with Crippen LogP contribution in [0.2, 0.25) is 0 Å².